The zero-order valence-corrected chi connectivity index (χ0v) is 13.6. The number of benzene rings is 2. The predicted molar refractivity (Wildman–Crippen MR) is 89.2 cm³/mol. The number of fused-ring (bicyclic) bond motifs is 1. The SMILES string of the molecule is C=C(C)C(=O)OC(C)(C)COc1c(C)ccc2ccccc12. The molecular weight excluding hydrogens is 276 g/mol. The van der Waals surface area contributed by atoms with Gasteiger partial charge in [0.2, 0.25) is 0 Å². The van der Waals surface area contributed by atoms with Crippen LogP contribution in [0.25, 0.3) is 10.8 Å². The molecule has 0 fully saturated rings. The molecule has 0 unspecified atom stereocenters. The van der Waals surface area contributed by atoms with Crippen LogP contribution in [0.1, 0.15) is 26.3 Å². The van der Waals surface area contributed by atoms with Crippen LogP contribution >= 0.6 is 0 Å². The molecule has 0 aliphatic heterocycles. The summed E-state index contributed by atoms with van der Waals surface area (Å²) < 4.78 is 11.4. The summed E-state index contributed by atoms with van der Waals surface area (Å²) in [6, 6.07) is 12.2. The lowest BCUT2D eigenvalue weighted by Crippen LogP contribution is -2.35. The monoisotopic (exact) mass is 298 g/mol. The van der Waals surface area contributed by atoms with E-state index in [2.05, 4.69) is 12.6 Å². The zero-order valence-electron chi connectivity index (χ0n) is 13.6. The standard InChI is InChI=1S/C19H22O3/c1-13(2)18(20)22-19(4,5)12-21-17-14(3)10-11-15-8-6-7-9-16(15)17/h6-11H,1,12H2,2-5H3. The summed E-state index contributed by atoms with van der Waals surface area (Å²) in [4.78, 5) is 11.7. The van der Waals surface area contributed by atoms with Crippen molar-refractivity contribution < 1.29 is 14.3 Å². The van der Waals surface area contributed by atoms with E-state index in [1.807, 2.05) is 51.1 Å². The summed E-state index contributed by atoms with van der Waals surface area (Å²) in [5.41, 5.74) is 0.717. The molecule has 3 heteroatoms. The van der Waals surface area contributed by atoms with Crippen molar-refractivity contribution >= 4 is 16.7 Å². The van der Waals surface area contributed by atoms with Gasteiger partial charge in [0, 0.05) is 11.0 Å². The highest BCUT2D eigenvalue weighted by Gasteiger charge is 2.25. The van der Waals surface area contributed by atoms with Gasteiger partial charge in [-0.3, -0.25) is 0 Å². The fourth-order valence-electron chi connectivity index (χ4n) is 2.16. The summed E-state index contributed by atoms with van der Waals surface area (Å²) in [6.07, 6.45) is 0. The van der Waals surface area contributed by atoms with Crippen molar-refractivity contribution in [3.05, 3.63) is 54.1 Å². The third-order valence-corrected chi connectivity index (χ3v) is 3.36. The van der Waals surface area contributed by atoms with Gasteiger partial charge in [-0.1, -0.05) is 43.0 Å². The van der Waals surface area contributed by atoms with Crippen molar-refractivity contribution in [1.29, 1.82) is 0 Å². The van der Waals surface area contributed by atoms with Gasteiger partial charge in [-0.2, -0.15) is 0 Å². The fourth-order valence-corrected chi connectivity index (χ4v) is 2.16. The molecule has 0 aliphatic carbocycles. The van der Waals surface area contributed by atoms with Crippen molar-refractivity contribution in [2.75, 3.05) is 6.61 Å². The molecule has 2 aromatic rings. The average molecular weight is 298 g/mol. The first-order valence-corrected chi connectivity index (χ1v) is 7.30. The van der Waals surface area contributed by atoms with Gasteiger partial charge in [0.25, 0.3) is 0 Å². The summed E-state index contributed by atoms with van der Waals surface area (Å²) in [5, 5.41) is 2.18. The Bertz CT molecular complexity index is 714. The number of hydrogen-bond acceptors (Lipinski definition) is 3. The number of rotatable bonds is 5. The molecule has 116 valence electrons. The van der Waals surface area contributed by atoms with Crippen LogP contribution < -0.4 is 4.74 Å². The van der Waals surface area contributed by atoms with E-state index in [1.54, 1.807) is 6.92 Å². The Labute approximate surface area is 131 Å². The number of carbonyl (C=O) groups is 1. The molecule has 0 N–H and O–H groups in total. The highest BCUT2D eigenvalue weighted by molar-refractivity contribution is 5.89. The van der Waals surface area contributed by atoms with Crippen LogP contribution in [-0.4, -0.2) is 18.2 Å². The molecule has 0 atom stereocenters. The largest absolute Gasteiger partial charge is 0.489 e. The van der Waals surface area contributed by atoms with Crippen molar-refractivity contribution in [2.24, 2.45) is 0 Å². The smallest absolute Gasteiger partial charge is 0.333 e. The van der Waals surface area contributed by atoms with Gasteiger partial charge in [-0.15, -0.1) is 0 Å². The van der Waals surface area contributed by atoms with E-state index in [0.717, 1.165) is 22.1 Å². The third-order valence-electron chi connectivity index (χ3n) is 3.36. The molecule has 0 spiro atoms. The summed E-state index contributed by atoms with van der Waals surface area (Å²) in [6.45, 7) is 11.2. The van der Waals surface area contributed by atoms with Crippen LogP contribution in [0.5, 0.6) is 5.75 Å². The quantitative estimate of drug-likeness (QED) is 0.605. The minimum absolute atomic E-state index is 0.279. The zero-order chi connectivity index (χ0) is 16.3. The second-order valence-corrected chi connectivity index (χ2v) is 6.15. The molecule has 0 bridgehead atoms. The average Bonchev–Trinajstić information content (AvgIpc) is 2.45. The van der Waals surface area contributed by atoms with Crippen LogP contribution in [0.15, 0.2) is 48.6 Å². The van der Waals surface area contributed by atoms with E-state index >= 15 is 0 Å². The Hall–Kier alpha value is -2.29. The first-order valence-electron chi connectivity index (χ1n) is 7.30. The van der Waals surface area contributed by atoms with Crippen LogP contribution in [-0.2, 0) is 9.53 Å². The Morgan fingerprint density at radius 2 is 1.86 bits per heavy atom. The fraction of sp³-hybridized carbons (Fsp3) is 0.316. The van der Waals surface area contributed by atoms with E-state index in [9.17, 15) is 4.79 Å². The molecule has 0 saturated carbocycles. The molecule has 3 nitrogen and oxygen atoms in total. The van der Waals surface area contributed by atoms with Gasteiger partial charge in [0.1, 0.15) is 18.0 Å². The van der Waals surface area contributed by atoms with Crippen molar-refractivity contribution in [1.82, 2.24) is 0 Å². The van der Waals surface area contributed by atoms with E-state index in [-0.39, 0.29) is 6.61 Å². The van der Waals surface area contributed by atoms with Crippen LogP contribution in [0.2, 0.25) is 0 Å². The number of esters is 1. The molecule has 0 aromatic heterocycles. The first-order chi connectivity index (χ1) is 10.3. The van der Waals surface area contributed by atoms with E-state index < -0.39 is 11.6 Å². The highest BCUT2D eigenvalue weighted by Crippen LogP contribution is 2.30. The molecule has 0 heterocycles. The lowest BCUT2D eigenvalue weighted by atomic mass is 10.1. The molecule has 0 radical (unpaired) electrons. The maximum atomic E-state index is 11.7. The molecule has 2 rings (SSSR count). The highest BCUT2D eigenvalue weighted by atomic mass is 16.6. The Balaban J connectivity index is 2.19. The van der Waals surface area contributed by atoms with Crippen LogP contribution in [0.3, 0.4) is 0 Å². The molecule has 22 heavy (non-hydrogen) atoms. The number of ether oxygens (including phenoxy) is 2. The van der Waals surface area contributed by atoms with Crippen LogP contribution in [0.4, 0.5) is 0 Å². The number of carbonyl (C=O) groups excluding carboxylic acids is 1. The van der Waals surface area contributed by atoms with Crippen molar-refractivity contribution in [2.45, 2.75) is 33.3 Å². The van der Waals surface area contributed by atoms with E-state index in [0.29, 0.717) is 5.57 Å². The molecule has 0 amide bonds. The number of hydrogen-bond donors (Lipinski definition) is 0. The van der Waals surface area contributed by atoms with E-state index in [4.69, 9.17) is 9.47 Å². The third kappa shape index (κ3) is 3.67. The molecular formula is C19H22O3. The Morgan fingerprint density at radius 1 is 1.18 bits per heavy atom. The van der Waals surface area contributed by atoms with Gasteiger partial charge in [0.15, 0.2) is 0 Å². The Morgan fingerprint density at radius 3 is 2.55 bits per heavy atom. The second kappa shape index (κ2) is 6.22. The summed E-state index contributed by atoms with van der Waals surface area (Å²) in [5.74, 6) is 0.431. The lowest BCUT2D eigenvalue weighted by molar-refractivity contribution is -0.154. The van der Waals surface area contributed by atoms with E-state index in [1.165, 1.54) is 0 Å². The topological polar surface area (TPSA) is 35.5 Å². The van der Waals surface area contributed by atoms with Gasteiger partial charge in [-0.05, 0) is 38.6 Å². The van der Waals surface area contributed by atoms with Crippen molar-refractivity contribution in [3.63, 3.8) is 0 Å². The molecule has 2 aromatic carbocycles. The summed E-state index contributed by atoms with van der Waals surface area (Å²) in [7, 11) is 0. The minimum atomic E-state index is -0.723. The maximum Gasteiger partial charge on any atom is 0.333 e. The first kappa shape index (κ1) is 16.1. The lowest BCUT2D eigenvalue weighted by Gasteiger charge is -2.26. The molecule has 0 saturated heterocycles. The van der Waals surface area contributed by atoms with Gasteiger partial charge in [-0.25, -0.2) is 4.79 Å². The van der Waals surface area contributed by atoms with Crippen molar-refractivity contribution in [3.8, 4) is 5.75 Å². The predicted octanol–water partition coefficient (Wildman–Crippen LogP) is 4.42. The Kier molecular flexibility index (Phi) is 4.55. The normalized spacial score (nSPS) is 11.3. The minimum Gasteiger partial charge on any atom is -0.489 e. The maximum absolute atomic E-state index is 11.7. The van der Waals surface area contributed by atoms with Gasteiger partial charge in [0.05, 0.1) is 0 Å². The summed E-state index contributed by atoms with van der Waals surface area (Å²) >= 11 is 0. The number of aryl methyl sites for hydroxylation is 1. The van der Waals surface area contributed by atoms with Gasteiger partial charge < -0.3 is 9.47 Å². The second-order valence-electron chi connectivity index (χ2n) is 6.15. The van der Waals surface area contributed by atoms with Gasteiger partial charge >= 0.3 is 5.97 Å². The van der Waals surface area contributed by atoms with Crippen LogP contribution in [0, 0.1) is 6.92 Å². The molecule has 0 aliphatic rings.